The van der Waals surface area contributed by atoms with Crippen LogP contribution in [0.2, 0.25) is 0 Å². The van der Waals surface area contributed by atoms with Crippen molar-refractivity contribution < 1.29 is 42.9 Å². The number of rotatable bonds is 5. The predicted octanol–water partition coefficient (Wildman–Crippen LogP) is -0.694. The molecule has 0 bridgehead atoms. The highest BCUT2D eigenvalue weighted by molar-refractivity contribution is 8.14. The maximum absolute atomic E-state index is 12.1. The maximum Gasteiger partial charge on any atom is 0.339 e. The fourth-order valence-electron chi connectivity index (χ4n) is 2.30. The number of hydrogen-bond acceptors (Lipinski definition) is 11. The molecule has 0 aromatic heterocycles. The quantitative estimate of drug-likeness (QED) is 0.263. The van der Waals surface area contributed by atoms with Crippen LogP contribution >= 0.6 is 11.8 Å². The summed E-state index contributed by atoms with van der Waals surface area (Å²) in [6.45, 7) is 3.27. The highest BCUT2D eigenvalue weighted by atomic mass is 32.2. The van der Waals surface area contributed by atoms with Crippen LogP contribution in [0.3, 0.4) is 0 Å². The summed E-state index contributed by atoms with van der Waals surface area (Å²) in [6, 6.07) is 0. The Balaban J connectivity index is 3.37. The first-order chi connectivity index (χ1) is 12.1. The van der Waals surface area contributed by atoms with E-state index in [4.69, 9.17) is 30.1 Å². The van der Waals surface area contributed by atoms with Crippen LogP contribution < -0.4 is 5.73 Å². The van der Waals surface area contributed by atoms with Crippen molar-refractivity contribution in [2.45, 2.75) is 50.6 Å². The van der Waals surface area contributed by atoms with Gasteiger partial charge in [0.25, 0.3) is 0 Å². The normalized spacial score (nSPS) is 27.8. The first-order valence-electron chi connectivity index (χ1n) is 7.32. The van der Waals surface area contributed by atoms with Gasteiger partial charge in [0.1, 0.15) is 0 Å². The number of thioether (sulfide) groups is 1. The summed E-state index contributed by atoms with van der Waals surface area (Å²) in [5.74, 6) is -3.22. The molecule has 1 aliphatic heterocycles. The van der Waals surface area contributed by atoms with Crippen LogP contribution in [0.1, 0.15) is 20.8 Å². The molecule has 0 aromatic carbocycles. The molecule has 5 atom stereocenters. The summed E-state index contributed by atoms with van der Waals surface area (Å²) in [5.41, 5.74) is 4.17. The molecule has 0 amide bonds. The first-order valence-corrected chi connectivity index (χ1v) is 8.20. The lowest BCUT2D eigenvalue weighted by atomic mass is 9.99. The van der Waals surface area contributed by atoms with Gasteiger partial charge >= 0.3 is 23.9 Å². The van der Waals surface area contributed by atoms with Gasteiger partial charge in [0.2, 0.25) is 0 Å². The van der Waals surface area contributed by atoms with E-state index in [-0.39, 0.29) is 0 Å². The van der Waals surface area contributed by atoms with Crippen LogP contribution in [0.4, 0.5) is 0 Å². The second kappa shape index (κ2) is 9.38. The van der Waals surface area contributed by atoms with Crippen LogP contribution in [-0.2, 0) is 42.9 Å². The van der Waals surface area contributed by atoms with Crippen molar-refractivity contribution in [2.75, 3.05) is 7.11 Å². The van der Waals surface area contributed by atoms with E-state index in [1.807, 2.05) is 0 Å². The number of methoxy groups -OCH3 is 1. The van der Waals surface area contributed by atoms with Crippen molar-refractivity contribution in [3.05, 3.63) is 0 Å². The van der Waals surface area contributed by atoms with Gasteiger partial charge in [0, 0.05) is 20.8 Å². The number of carbonyl (C=O) groups excluding carboxylic acids is 4. The number of amidine groups is 1. The van der Waals surface area contributed by atoms with Crippen molar-refractivity contribution >= 4 is 40.8 Å². The molecule has 1 heterocycles. The Morgan fingerprint density at radius 3 is 1.81 bits per heavy atom. The topological polar surface area (TPSA) is 164 Å². The predicted molar refractivity (Wildman–Crippen MR) is 86.8 cm³/mol. The Labute approximate surface area is 153 Å². The van der Waals surface area contributed by atoms with Gasteiger partial charge in [0.15, 0.2) is 35.0 Å². The molecule has 146 valence electrons. The van der Waals surface area contributed by atoms with Crippen molar-refractivity contribution in [1.29, 1.82) is 5.41 Å². The lowest BCUT2D eigenvalue weighted by molar-refractivity contribution is -0.234. The van der Waals surface area contributed by atoms with Gasteiger partial charge in [-0.2, -0.15) is 0 Å². The molecule has 11 nitrogen and oxygen atoms in total. The van der Waals surface area contributed by atoms with E-state index in [0.29, 0.717) is 11.8 Å². The third-order valence-electron chi connectivity index (χ3n) is 3.08. The van der Waals surface area contributed by atoms with Crippen LogP contribution in [0.25, 0.3) is 0 Å². The van der Waals surface area contributed by atoms with E-state index in [1.54, 1.807) is 0 Å². The average molecular weight is 392 g/mol. The van der Waals surface area contributed by atoms with Crippen molar-refractivity contribution in [3.63, 3.8) is 0 Å². The molecule has 26 heavy (non-hydrogen) atoms. The fraction of sp³-hybridized carbons (Fsp3) is 0.643. The van der Waals surface area contributed by atoms with Crippen LogP contribution in [0, 0.1) is 5.41 Å². The highest BCUT2D eigenvalue weighted by Gasteiger charge is 2.55. The molecular formula is C14H20N2O9S. The van der Waals surface area contributed by atoms with Gasteiger partial charge < -0.3 is 29.4 Å². The van der Waals surface area contributed by atoms with Gasteiger partial charge in [-0.05, 0) is 0 Å². The molecule has 0 saturated carbocycles. The Morgan fingerprint density at radius 2 is 1.38 bits per heavy atom. The number of nitrogens with one attached hydrogen (secondary N) is 1. The average Bonchev–Trinajstić information content (AvgIpc) is 2.50. The van der Waals surface area contributed by atoms with Gasteiger partial charge in [-0.3, -0.25) is 19.8 Å². The van der Waals surface area contributed by atoms with E-state index < -0.39 is 58.9 Å². The van der Waals surface area contributed by atoms with Crippen molar-refractivity contribution in [1.82, 2.24) is 0 Å². The monoisotopic (exact) mass is 392 g/mol. The minimum absolute atomic E-state index is 0.400. The molecule has 1 rings (SSSR count). The molecular weight excluding hydrogens is 372 g/mol. The number of hydrogen-bond donors (Lipinski definition) is 2. The Morgan fingerprint density at radius 1 is 0.923 bits per heavy atom. The van der Waals surface area contributed by atoms with Gasteiger partial charge in [-0.25, -0.2) is 4.79 Å². The molecule has 0 spiro atoms. The maximum atomic E-state index is 12.1. The lowest BCUT2D eigenvalue weighted by Gasteiger charge is -2.43. The van der Waals surface area contributed by atoms with E-state index in [0.717, 1.165) is 27.9 Å². The van der Waals surface area contributed by atoms with Crippen molar-refractivity contribution in [3.8, 4) is 0 Å². The van der Waals surface area contributed by atoms with E-state index in [1.165, 1.54) is 0 Å². The molecule has 1 fully saturated rings. The van der Waals surface area contributed by atoms with Gasteiger partial charge in [-0.15, -0.1) is 0 Å². The van der Waals surface area contributed by atoms with Gasteiger partial charge in [-0.1, -0.05) is 11.8 Å². The third kappa shape index (κ3) is 5.88. The number of carbonyl (C=O) groups is 4. The van der Waals surface area contributed by atoms with E-state index in [9.17, 15) is 19.2 Å². The largest absolute Gasteiger partial charge is 0.467 e. The fourth-order valence-corrected chi connectivity index (χ4v) is 3.07. The summed E-state index contributed by atoms with van der Waals surface area (Å²) < 4.78 is 25.5. The lowest BCUT2D eigenvalue weighted by Crippen LogP contribution is -2.62. The summed E-state index contributed by atoms with van der Waals surface area (Å²) in [4.78, 5) is 46.5. The molecule has 0 radical (unpaired) electrons. The molecule has 0 unspecified atom stereocenters. The van der Waals surface area contributed by atoms with Crippen LogP contribution in [0.5, 0.6) is 0 Å². The second-order valence-electron chi connectivity index (χ2n) is 5.15. The number of nitrogens with two attached hydrogens (primary N) is 1. The van der Waals surface area contributed by atoms with E-state index in [2.05, 4.69) is 4.74 Å². The van der Waals surface area contributed by atoms with Crippen LogP contribution in [-0.4, -0.2) is 66.0 Å². The summed E-state index contributed by atoms with van der Waals surface area (Å²) in [6.07, 6.45) is -5.60. The number of ether oxygens (including phenoxy) is 5. The summed E-state index contributed by atoms with van der Waals surface area (Å²) >= 11 is 0.631. The molecule has 1 aliphatic rings. The van der Waals surface area contributed by atoms with E-state index >= 15 is 0 Å². The number of esters is 4. The Bertz CT molecular complexity index is 597. The highest BCUT2D eigenvalue weighted by Crippen LogP contribution is 2.34. The molecule has 0 aromatic rings. The standard InChI is InChI=1S/C14H20N2O9S/c1-5(17)22-8-9(23-6(2)18)11(24-7(3)19)13(26-14(15)16)25-10(8)12(20)21-4/h8-11,13H,1-4H3,(H3,15,16)/t8-,9-,10-,11+,13-/m0/s1. The summed E-state index contributed by atoms with van der Waals surface area (Å²) in [5, 5.41) is 7.00. The summed E-state index contributed by atoms with van der Waals surface area (Å²) in [7, 11) is 1.09. The third-order valence-corrected chi connectivity index (χ3v) is 3.94. The second-order valence-corrected chi connectivity index (χ2v) is 6.29. The molecule has 3 N–H and O–H groups in total. The van der Waals surface area contributed by atoms with Crippen LogP contribution in [0.15, 0.2) is 0 Å². The molecule has 0 aliphatic carbocycles. The Hall–Kier alpha value is -2.34. The SMILES string of the molecule is COC(=O)[C@H]1O[C@@H](SC(=N)N)[C@H](OC(C)=O)[C@@H](OC(C)=O)[C@@H]1OC(C)=O. The molecule has 12 heteroatoms. The smallest absolute Gasteiger partial charge is 0.339 e. The first kappa shape index (κ1) is 21.7. The minimum atomic E-state index is -1.49. The molecule has 1 saturated heterocycles. The van der Waals surface area contributed by atoms with Gasteiger partial charge in [0.05, 0.1) is 7.11 Å². The zero-order valence-corrected chi connectivity index (χ0v) is 15.4. The zero-order valence-electron chi connectivity index (χ0n) is 14.5. The van der Waals surface area contributed by atoms with Crippen molar-refractivity contribution in [2.24, 2.45) is 5.73 Å². The Kier molecular flexibility index (Phi) is 7.83. The zero-order chi connectivity index (χ0) is 20.0. The minimum Gasteiger partial charge on any atom is -0.467 e.